The third-order valence-corrected chi connectivity index (χ3v) is 3.60. The van der Waals surface area contributed by atoms with Crippen molar-refractivity contribution in [2.45, 2.75) is 12.3 Å². The Bertz CT molecular complexity index is 632. The molecule has 1 aliphatic carbocycles. The Balaban J connectivity index is 1.94. The van der Waals surface area contributed by atoms with Crippen molar-refractivity contribution in [1.29, 1.82) is 0 Å². The van der Waals surface area contributed by atoms with E-state index >= 15 is 0 Å². The molecule has 2 aromatic rings. The first-order valence-electron chi connectivity index (χ1n) is 6.15. The lowest BCUT2D eigenvalue weighted by molar-refractivity contribution is 0.0972. The number of benzene rings is 2. The third kappa shape index (κ3) is 2.01. The van der Waals surface area contributed by atoms with Gasteiger partial charge in [-0.15, -0.1) is 0 Å². The zero-order chi connectivity index (χ0) is 13.4. The number of fused-ring (bicyclic) bond motifs is 1. The number of carbonyl (C=O) groups excluding carboxylic acids is 1. The van der Waals surface area contributed by atoms with Gasteiger partial charge in [-0.2, -0.15) is 0 Å². The van der Waals surface area contributed by atoms with Gasteiger partial charge >= 0.3 is 0 Å². The molecule has 96 valence electrons. The quantitative estimate of drug-likeness (QED) is 0.823. The van der Waals surface area contributed by atoms with Crippen molar-refractivity contribution in [2.24, 2.45) is 0 Å². The highest BCUT2D eigenvalue weighted by Crippen LogP contribution is 2.34. The van der Waals surface area contributed by atoms with Crippen LogP contribution in [0.1, 0.15) is 27.4 Å². The van der Waals surface area contributed by atoms with E-state index in [0.717, 1.165) is 16.9 Å². The van der Waals surface area contributed by atoms with E-state index in [1.807, 2.05) is 24.3 Å². The predicted octanol–water partition coefficient (Wildman–Crippen LogP) is 3.36. The Hall–Kier alpha value is -2.16. The number of methoxy groups -OCH3 is 1. The van der Waals surface area contributed by atoms with Gasteiger partial charge in [-0.1, -0.05) is 18.2 Å². The van der Waals surface area contributed by atoms with Crippen molar-refractivity contribution in [3.63, 3.8) is 0 Å². The van der Waals surface area contributed by atoms with Crippen LogP contribution >= 0.6 is 0 Å². The maximum Gasteiger partial charge on any atom is 0.171 e. The molecule has 2 nitrogen and oxygen atoms in total. The summed E-state index contributed by atoms with van der Waals surface area (Å²) in [7, 11) is 1.61. The second-order valence-electron chi connectivity index (χ2n) is 4.70. The second kappa shape index (κ2) is 4.50. The molecule has 2 aromatic carbocycles. The number of hydrogen-bond acceptors (Lipinski definition) is 2. The maximum absolute atomic E-state index is 13.2. The molecule has 0 amide bonds. The zero-order valence-electron chi connectivity index (χ0n) is 10.5. The first kappa shape index (κ1) is 11.9. The van der Waals surface area contributed by atoms with Crippen molar-refractivity contribution in [3.05, 3.63) is 65.0 Å². The molecule has 1 atom stereocenters. The van der Waals surface area contributed by atoms with Crippen LogP contribution in [0.5, 0.6) is 5.75 Å². The molecule has 3 heteroatoms. The zero-order valence-corrected chi connectivity index (χ0v) is 10.5. The number of halogens is 1. The van der Waals surface area contributed by atoms with Crippen LogP contribution in [0.25, 0.3) is 0 Å². The van der Waals surface area contributed by atoms with Gasteiger partial charge in [0.2, 0.25) is 0 Å². The molecule has 0 saturated carbocycles. The van der Waals surface area contributed by atoms with E-state index in [4.69, 9.17) is 4.74 Å². The number of hydrogen-bond donors (Lipinski definition) is 0. The van der Waals surface area contributed by atoms with Crippen molar-refractivity contribution in [2.75, 3.05) is 7.11 Å². The fraction of sp³-hybridized carbons (Fsp3) is 0.188. The first-order valence-corrected chi connectivity index (χ1v) is 6.15. The topological polar surface area (TPSA) is 26.3 Å². The van der Waals surface area contributed by atoms with Crippen LogP contribution in [0.3, 0.4) is 0 Å². The molecule has 0 N–H and O–H groups in total. The van der Waals surface area contributed by atoms with E-state index in [9.17, 15) is 9.18 Å². The number of ketones is 1. The molecule has 0 radical (unpaired) electrons. The Morgan fingerprint density at radius 3 is 2.58 bits per heavy atom. The van der Waals surface area contributed by atoms with Crippen LogP contribution in [0.4, 0.5) is 4.39 Å². The molecule has 0 heterocycles. The van der Waals surface area contributed by atoms with Gasteiger partial charge in [-0.05, 0) is 41.8 Å². The summed E-state index contributed by atoms with van der Waals surface area (Å²) in [5.41, 5.74) is 2.38. The summed E-state index contributed by atoms with van der Waals surface area (Å²) in [6, 6.07) is 11.9. The summed E-state index contributed by atoms with van der Waals surface area (Å²) >= 11 is 0. The average Bonchev–Trinajstić information content (AvgIpc) is 2.76. The predicted molar refractivity (Wildman–Crippen MR) is 70.2 cm³/mol. The molecular weight excluding hydrogens is 243 g/mol. The SMILES string of the molecule is COc1ccc(C2Cc3ccc(F)cc3C2=O)cc1. The van der Waals surface area contributed by atoms with Gasteiger partial charge in [-0.3, -0.25) is 4.79 Å². The molecule has 0 aliphatic heterocycles. The summed E-state index contributed by atoms with van der Waals surface area (Å²) in [5.74, 6) is 0.197. The fourth-order valence-corrected chi connectivity index (χ4v) is 2.56. The molecule has 0 fully saturated rings. The molecule has 0 saturated heterocycles. The van der Waals surface area contributed by atoms with Crippen LogP contribution in [-0.2, 0) is 6.42 Å². The van der Waals surface area contributed by atoms with Crippen LogP contribution in [0.15, 0.2) is 42.5 Å². The summed E-state index contributed by atoms with van der Waals surface area (Å²) < 4.78 is 18.3. The number of carbonyl (C=O) groups is 1. The van der Waals surface area contributed by atoms with Crippen molar-refractivity contribution in [1.82, 2.24) is 0 Å². The van der Waals surface area contributed by atoms with Crippen molar-refractivity contribution < 1.29 is 13.9 Å². The minimum absolute atomic E-state index is 0.000308. The normalized spacial score (nSPS) is 17.4. The Labute approximate surface area is 110 Å². The Morgan fingerprint density at radius 2 is 1.89 bits per heavy atom. The van der Waals surface area contributed by atoms with Crippen LogP contribution < -0.4 is 4.74 Å². The van der Waals surface area contributed by atoms with E-state index in [0.29, 0.717) is 12.0 Å². The fourth-order valence-electron chi connectivity index (χ4n) is 2.56. The summed E-state index contributed by atoms with van der Waals surface area (Å²) in [5, 5.41) is 0. The molecule has 19 heavy (non-hydrogen) atoms. The highest BCUT2D eigenvalue weighted by molar-refractivity contribution is 6.05. The average molecular weight is 256 g/mol. The molecule has 0 bridgehead atoms. The lowest BCUT2D eigenvalue weighted by Gasteiger charge is -2.09. The lowest BCUT2D eigenvalue weighted by Crippen LogP contribution is -2.06. The van der Waals surface area contributed by atoms with Gasteiger partial charge in [0.1, 0.15) is 11.6 Å². The number of rotatable bonds is 2. The minimum Gasteiger partial charge on any atom is -0.497 e. The van der Waals surface area contributed by atoms with Crippen LogP contribution in [-0.4, -0.2) is 12.9 Å². The molecule has 3 rings (SSSR count). The van der Waals surface area contributed by atoms with Gasteiger partial charge in [0, 0.05) is 5.56 Å². The van der Waals surface area contributed by atoms with Crippen molar-refractivity contribution in [3.8, 4) is 5.75 Å². The van der Waals surface area contributed by atoms with E-state index in [1.54, 1.807) is 13.2 Å². The number of Topliss-reactive ketones (excluding diaryl/α,β-unsaturated/α-hetero) is 1. The maximum atomic E-state index is 13.2. The van der Waals surface area contributed by atoms with Gasteiger partial charge < -0.3 is 4.74 Å². The van der Waals surface area contributed by atoms with Crippen LogP contribution in [0.2, 0.25) is 0 Å². The molecule has 0 aromatic heterocycles. The number of ether oxygens (including phenoxy) is 1. The Kier molecular flexibility index (Phi) is 2.82. The highest BCUT2D eigenvalue weighted by atomic mass is 19.1. The van der Waals surface area contributed by atoms with Gasteiger partial charge in [0.25, 0.3) is 0 Å². The summed E-state index contributed by atoms with van der Waals surface area (Å²) in [6.07, 6.45) is 0.640. The Morgan fingerprint density at radius 1 is 1.16 bits per heavy atom. The van der Waals surface area contributed by atoms with E-state index in [2.05, 4.69) is 0 Å². The van der Waals surface area contributed by atoms with Crippen molar-refractivity contribution >= 4 is 5.78 Å². The van der Waals surface area contributed by atoms with Gasteiger partial charge in [0.05, 0.1) is 13.0 Å². The highest BCUT2D eigenvalue weighted by Gasteiger charge is 2.31. The van der Waals surface area contributed by atoms with Crippen LogP contribution in [0, 0.1) is 5.82 Å². The molecule has 1 unspecified atom stereocenters. The van der Waals surface area contributed by atoms with Gasteiger partial charge in [-0.25, -0.2) is 4.39 Å². The summed E-state index contributed by atoms with van der Waals surface area (Å²) in [4.78, 5) is 12.3. The third-order valence-electron chi connectivity index (χ3n) is 3.60. The second-order valence-corrected chi connectivity index (χ2v) is 4.70. The largest absolute Gasteiger partial charge is 0.497 e. The van der Waals surface area contributed by atoms with E-state index in [1.165, 1.54) is 12.1 Å². The minimum atomic E-state index is -0.359. The summed E-state index contributed by atoms with van der Waals surface area (Å²) in [6.45, 7) is 0. The smallest absolute Gasteiger partial charge is 0.171 e. The first-order chi connectivity index (χ1) is 9.19. The van der Waals surface area contributed by atoms with E-state index < -0.39 is 0 Å². The standard InChI is InChI=1S/C16H13FO2/c1-19-13-6-3-10(4-7-13)14-8-11-2-5-12(17)9-15(11)16(14)18/h2-7,9,14H,8H2,1H3. The molecule has 0 spiro atoms. The van der Waals surface area contributed by atoms with E-state index in [-0.39, 0.29) is 17.5 Å². The van der Waals surface area contributed by atoms with Gasteiger partial charge in [0.15, 0.2) is 5.78 Å². The monoisotopic (exact) mass is 256 g/mol. The lowest BCUT2D eigenvalue weighted by atomic mass is 9.95. The molecule has 1 aliphatic rings. The molecular formula is C16H13FO2.